The number of anilines is 4. The summed E-state index contributed by atoms with van der Waals surface area (Å²) >= 11 is 0. The second-order valence-corrected chi connectivity index (χ2v) is 6.01. The van der Waals surface area contributed by atoms with Gasteiger partial charge in [-0.15, -0.1) is 0 Å². The first-order valence-corrected chi connectivity index (χ1v) is 8.29. The van der Waals surface area contributed by atoms with Crippen LogP contribution >= 0.6 is 0 Å². The number of hydrogen-bond donors (Lipinski definition) is 4. The van der Waals surface area contributed by atoms with Gasteiger partial charge in [0.1, 0.15) is 5.82 Å². The summed E-state index contributed by atoms with van der Waals surface area (Å²) in [6, 6.07) is 15.0. The molecule has 2 aromatic heterocycles. The smallest absolute Gasteiger partial charge is 0.221 e. The van der Waals surface area contributed by atoms with E-state index in [2.05, 4.69) is 20.3 Å². The van der Waals surface area contributed by atoms with Gasteiger partial charge < -0.3 is 16.8 Å². The van der Waals surface area contributed by atoms with Crippen molar-refractivity contribution >= 4 is 39.6 Å². The number of rotatable bonds is 4. The van der Waals surface area contributed by atoms with Crippen LogP contribution in [0.3, 0.4) is 0 Å². The van der Waals surface area contributed by atoms with E-state index in [4.69, 9.17) is 16.9 Å². The predicted octanol–water partition coefficient (Wildman–Crippen LogP) is 3.35. The van der Waals surface area contributed by atoms with Gasteiger partial charge in [0.05, 0.1) is 5.71 Å². The van der Waals surface area contributed by atoms with Crippen molar-refractivity contribution in [3.8, 4) is 0 Å². The largest absolute Gasteiger partial charge is 0.398 e. The van der Waals surface area contributed by atoms with Crippen LogP contribution in [0.15, 0.2) is 67.1 Å². The second kappa shape index (κ2) is 6.72. The van der Waals surface area contributed by atoms with Gasteiger partial charge in [0.25, 0.3) is 0 Å². The summed E-state index contributed by atoms with van der Waals surface area (Å²) in [6.07, 6.45) is 5.05. The van der Waals surface area contributed by atoms with E-state index in [-0.39, 0.29) is 5.95 Å². The van der Waals surface area contributed by atoms with Crippen molar-refractivity contribution in [1.29, 1.82) is 5.41 Å². The summed E-state index contributed by atoms with van der Waals surface area (Å²) in [7, 11) is 0. The molecular formula is C20H17N7. The Balaban J connectivity index is 1.73. The number of hydrogen-bond acceptors (Lipinski definition) is 7. The van der Waals surface area contributed by atoms with Crippen LogP contribution in [0, 0.1) is 5.41 Å². The van der Waals surface area contributed by atoms with Gasteiger partial charge in [0, 0.05) is 46.5 Å². The zero-order valence-corrected chi connectivity index (χ0v) is 14.3. The van der Waals surface area contributed by atoms with E-state index in [1.54, 1.807) is 30.7 Å². The molecule has 0 unspecified atom stereocenters. The van der Waals surface area contributed by atoms with Crippen LogP contribution in [-0.4, -0.2) is 20.7 Å². The summed E-state index contributed by atoms with van der Waals surface area (Å²) in [6.45, 7) is 0. The summed E-state index contributed by atoms with van der Waals surface area (Å²) in [5, 5.41) is 13.8. The van der Waals surface area contributed by atoms with E-state index >= 15 is 0 Å². The first kappa shape index (κ1) is 16.5. The van der Waals surface area contributed by atoms with Gasteiger partial charge in [-0.3, -0.25) is 10.4 Å². The van der Waals surface area contributed by atoms with E-state index < -0.39 is 0 Å². The standard InChI is InChI=1S/C20H17N7/c21-17-6-5-13(26-18-7-8-25-20(23)27-18)9-15(17)19(22)16-11-24-10-12-3-1-2-4-14(12)16/h1-11,22H,21H2,(H3,23,25,26,27). The summed E-state index contributed by atoms with van der Waals surface area (Å²) in [5.74, 6) is 0.752. The molecule has 0 bridgehead atoms. The Hall–Kier alpha value is -4.00. The maximum atomic E-state index is 8.71. The van der Waals surface area contributed by atoms with Crippen LogP contribution < -0.4 is 16.8 Å². The first-order valence-electron chi connectivity index (χ1n) is 8.29. The molecule has 0 radical (unpaired) electrons. The van der Waals surface area contributed by atoms with Crippen LogP contribution in [0.4, 0.5) is 23.1 Å². The first-order chi connectivity index (χ1) is 13.1. The molecule has 2 aromatic carbocycles. The number of fused-ring (bicyclic) bond motifs is 1. The van der Waals surface area contributed by atoms with Gasteiger partial charge in [-0.2, -0.15) is 4.98 Å². The van der Waals surface area contributed by atoms with E-state index in [1.165, 1.54) is 0 Å². The molecule has 0 aliphatic carbocycles. The number of pyridine rings is 1. The van der Waals surface area contributed by atoms with Gasteiger partial charge in [-0.05, 0) is 29.7 Å². The number of nitrogen functional groups attached to an aromatic ring is 2. The molecule has 0 amide bonds. The van der Waals surface area contributed by atoms with Crippen molar-refractivity contribution in [2.45, 2.75) is 0 Å². The molecule has 6 N–H and O–H groups in total. The second-order valence-electron chi connectivity index (χ2n) is 6.01. The highest BCUT2D eigenvalue weighted by atomic mass is 15.1. The third-order valence-corrected chi connectivity index (χ3v) is 4.21. The number of nitrogens with two attached hydrogens (primary N) is 2. The van der Waals surface area contributed by atoms with E-state index in [1.807, 2.05) is 36.4 Å². The fourth-order valence-corrected chi connectivity index (χ4v) is 2.90. The maximum absolute atomic E-state index is 8.71. The Bertz CT molecular complexity index is 1150. The lowest BCUT2D eigenvalue weighted by molar-refractivity contribution is 1.18. The van der Waals surface area contributed by atoms with Gasteiger partial charge in [0.2, 0.25) is 5.95 Å². The SMILES string of the molecule is N=C(c1cc(Nc2ccnc(N)n2)ccc1N)c1cncc2ccccc12. The van der Waals surface area contributed by atoms with Crippen LogP contribution in [0.25, 0.3) is 10.8 Å². The van der Waals surface area contributed by atoms with Crippen LogP contribution in [0.5, 0.6) is 0 Å². The lowest BCUT2D eigenvalue weighted by Gasteiger charge is -2.13. The minimum absolute atomic E-state index is 0.185. The summed E-state index contributed by atoms with van der Waals surface area (Å²) in [5.41, 5.74) is 14.7. The third kappa shape index (κ3) is 3.25. The molecular weight excluding hydrogens is 338 g/mol. The topological polar surface area (TPSA) is 127 Å². The van der Waals surface area contributed by atoms with Gasteiger partial charge in [0.15, 0.2) is 0 Å². The molecule has 27 heavy (non-hydrogen) atoms. The quantitative estimate of drug-likeness (QED) is 0.328. The van der Waals surface area contributed by atoms with Crippen molar-refractivity contribution in [3.05, 3.63) is 78.2 Å². The highest BCUT2D eigenvalue weighted by Crippen LogP contribution is 2.26. The highest BCUT2D eigenvalue weighted by Gasteiger charge is 2.13. The highest BCUT2D eigenvalue weighted by molar-refractivity contribution is 6.19. The number of aromatic nitrogens is 3. The molecule has 0 fully saturated rings. The molecule has 132 valence electrons. The predicted molar refractivity (Wildman–Crippen MR) is 108 cm³/mol. The fraction of sp³-hybridized carbons (Fsp3) is 0. The third-order valence-electron chi connectivity index (χ3n) is 4.21. The van der Waals surface area contributed by atoms with Crippen molar-refractivity contribution in [1.82, 2.24) is 15.0 Å². The van der Waals surface area contributed by atoms with Gasteiger partial charge in [-0.1, -0.05) is 24.3 Å². The summed E-state index contributed by atoms with van der Waals surface area (Å²) < 4.78 is 0. The zero-order valence-electron chi connectivity index (χ0n) is 14.3. The Morgan fingerprint density at radius 2 is 1.81 bits per heavy atom. The Morgan fingerprint density at radius 1 is 0.963 bits per heavy atom. The molecule has 0 saturated carbocycles. The van der Waals surface area contributed by atoms with Crippen molar-refractivity contribution in [2.75, 3.05) is 16.8 Å². The van der Waals surface area contributed by atoms with Crippen LogP contribution in [0.2, 0.25) is 0 Å². The molecule has 0 aliphatic heterocycles. The fourth-order valence-electron chi connectivity index (χ4n) is 2.90. The average Bonchev–Trinajstić information content (AvgIpc) is 2.68. The number of nitrogens with zero attached hydrogens (tertiary/aromatic N) is 3. The maximum Gasteiger partial charge on any atom is 0.221 e. The van der Waals surface area contributed by atoms with E-state index in [9.17, 15) is 0 Å². The minimum Gasteiger partial charge on any atom is -0.398 e. The van der Waals surface area contributed by atoms with E-state index in [0.717, 1.165) is 22.0 Å². The minimum atomic E-state index is 0.185. The normalized spacial score (nSPS) is 10.7. The average molecular weight is 355 g/mol. The Morgan fingerprint density at radius 3 is 2.67 bits per heavy atom. The molecule has 0 saturated heterocycles. The monoisotopic (exact) mass is 355 g/mol. The van der Waals surface area contributed by atoms with Crippen LogP contribution in [0.1, 0.15) is 11.1 Å². The molecule has 0 atom stereocenters. The molecule has 7 nitrogen and oxygen atoms in total. The van der Waals surface area contributed by atoms with E-state index in [0.29, 0.717) is 22.8 Å². The zero-order chi connectivity index (χ0) is 18.8. The molecule has 0 spiro atoms. The number of nitrogens with one attached hydrogen (secondary N) is 2. The van der Waals surface area contributed by atoms with Crippen LogP contribution in [-0.2, 0) is 0 Å². The molecule has 4 rings (SSSR count). The molecule has 0 aliphatic rings. The molecule has 2 heterocycles. The molecule has 7 heteroatoms. The Labute approximate surface area is 155 Å². The number of benzene rings is 2. The van der Waals surface area contributed by atoms with Crippen molar-refractivity contribution < 1.29 is 0 Å². The van der Waals surface area contributed by atoms with Crippen molar-refractivity contribution in [2.24, 2.45) is 0 Å². The lowest BCUT2D eigenvalue weighted by atomic mass is 9.97. The lowest BCUT2D eigenvalue weighted by Crippen LogP contribution is -2.08. The van der Waals surface area contributed by atoms with Gasteiger partial charge in [-0.25, -0.2) is 4.98 Å². The van der Waals surface area contributed by atoms with Crippen molar-refractivity contribution in [3.63, 3.8) is 0 Å². The molecule has 4 aromatic rings. The Kier molecular flexibility index (Phi) is 4.10. The summed E-state index contributed by atoms with van der Waals surface area (Å²) in [4.78, 5) is 12.3. The van der Waals surface area contributed by atoms with Gasteiger partial charge >= 0.3 is 0 Å².